The molecule has 0 bridgehead atoms. The Hall–Kier alpha value is 0.250. The Morgan fingerprint density at radius 1 is 1.60 bits per heavy atom. The van der Waals surface area contributed by atoms with Gasteiger partial charge < -0.3 is 0 Å². The van der Waals surface area contributed by atoms with Crippen LogP contribution in [0.3, 0.4) is 0 Å². The van der Waals surface area contributed by atoms with Crippen molar-refractivity contribution in [3.8, 4) is 6.19 Å². The molecule has 5 heavy (non-hydrogen) atoms. The number of hydrogen-bond donors (Lipinski definition) is 0. The monoisotopic (exact) mass is 198 g/mol. The Morgan fingerprint density at radius 2 is 1.80 bits per heavy atom. The zero-order valence-electron chi connectivity index (χ0n) is 2.15. The molecule has 0 N–H and O–H groups in total. The number of nitriles is 1. The van der Waals surface area contributed by atoms with Crippen molar-refractivity contribution >= 4 is 32.3 Å². The molecule has 0 saturated carbocycles. The summed E-state index contributed by atoms with van der Waals surface area (Å²) in [6.45, 7) is 0. The fourth-order valence-electron chi connectivity index (χ4n) is 0. The zero-order valence-corrected chi connectivity index (χ0v) is 5.32. The lowest BCUT2D eigenvalue weighted by Crippen LogP contribution is -1.74. The van der Waals surface area contributed by atoms with Gasteiger partial charge in [0.2, 0.25) is 6.19 Å². The summed E-state index contributed by atoms with van der Waals surface area (Å²) in [6, 6.07) is 0. The minimum atomic E-state index is 1.06. The Kier molecular flexibility index (Phi) is 2.61. The maximum atomic E-state index is 7.73. The van der Waals surface area contributed by atoms with Gasteiger partial charge in [-0.15, -0.1) is 0 Å². The van der Waals surface area contributed by atoms with E-state index in [-0.39, 0.29) is 0 Å². The van der Waals surface area contributed by atoms with Crippen LogP contribution >= 0.6 is 32.3 Å². The third-order valence-corrected chi connectivity index (χ3v) is 0.393. The van der Waals surface area contributed by atoms with E-state index in [1.54, 1.807) is 6.19 Å². The second-order valence-corrected chi connectivity index (χ2v) is 2.70. The van der Waals surface area contributed by atoms with Crippen molar-refractivity contribution in [1.29, 1.82) is 5.26 Å². The summed E-state index contributed by atoms with van der Waals surface area (Å²) < 4.78 is 1.06. The van der Waals surface area contributed by atoms with E-state index in [0.717, 1.165) is 2.95 Å². The first-order valence-electron chi connectivity index (χ1n) is 0.785. The SMILES string of the molecule is N#CN(Br)Br. The Labute approximate surface area is 47.0 Å². The van der Waals surface area contributed by atoms with Gasteiger partial charge in [0.05, 0.1) is 32.3 Å². The summed E-state index contributed by atoms with van der Waals surface area (Å²) in [6.07, 6.45) is 1.69. The molecule has 0 radical (unpaired) electrons. The van der Waals surface area contributed by atoms with E-state index >= 15 is 0 Å². The molecule has 0 unspecified atom stereocenters. The van der Waals surface area contributed by atoms with Gasteiger partial charge in [-0.1, -0.05) is 0 Å². The van der Waals surface area contributed by atoms with Crippen molar-refractivity contribution in [1.82, 2.24) is 2.95 Å². The first-order valence-corrected chi connectivity index (χ1v) is 2.20. The molecule has 28 valence electrons. The van der Waals surface area contributed by atoms with Crippen molar-refractivity contribution < 1.29 is 0 Å². The summed E-state index contributed by atoms with van der Waals surface area (Å²) in [7, 11) is 0. The fraction of sp³-hybridized carbons (Fsp3) is 0. The Morgan fingerprint density at radius 3 is 1.80 bits per heavy atom. The summed E-state index contributed by atoms with van der Waals surface area (Å²) >= 11 is 5.52. The molecule has 2 nitrogen and oxygen atoms in total. The maximum Gasteiger partial charge on any atom is 0.201 e. The van der Waals surface area contributed by atoms with Crippen LogP contribution in [0.25, 0.3) is 0 Å². The molecular formula is CBr2N2. The largest absolute Gasteiger partial charge is 0.201 e. The van der Waals surface area contributed by atoms with Crippen LogP contribution in [0.4, 0.5) is 0 Å². The van der Waals surface area contributed by atoms with Gasteiger partial charge in [-0.2, -0.15) is 8.21 Å². The van der Waals surface area contributed by atoms with Crippen molar-refractivity contribution in [3.63, 3.8) is 0 Å². The van der Waals surface area contributed by atoms with Crippen molar-refractivity contribution in [2.75, 3.05) is 0 Å². The van der Waals surface area contributed by atoms with Crippen LogP contribution in [0.15, 0.2) is 0 Å². The molecule has 0 atom stereocenters. The Balaban J connectivity index is 2.94. The lowest BCUT2D eigenvalue weighted by Gasteiger charge is -1.80. The molecule has 0 aliphatic rings. The van der Waals surface area contributed by atoms with Crippen molar-refractivity contribution in [2.24, 2.45) is 0 Å². The average Bonchev–Trinajstić information content (AvgIpc) is 1.38. The van der Waals surface area contributed by atoms with Gasteiger partial charge in [-0.3, -0.25) is 0 Å². The van der Waals surface area contributed by atoms with Gasteiger partial charge in [0.15, 0.2) is 0 Å². The topological polar surface area (TPSA) is 27.0 Å². The predicted molar refractivity (Wildman–Crippen MR) is 25.3 cm³/mol. The summed E-state index contributed by atoms with van der Waals surface area (Å²) in [5.41, 5.74) is 0. The molecule has 0 saturated heterocycles. The molecule has 0 fully saturated rings. The van der Waals surface area contributed by atoms with Crippen molar-refractivity contribution in [3.05, 3.63) is 0 Å². The number of halogens is 2. The number of hydrogen-bond acceptors (Lipinski definition) is 2. The molecule has 0 spiro atoms. The highest BCUT2D eigenvalue weighted by Crippen LogP contribution is 1.99. The quantitative estimate of drug-likeness (QED) is 0.335. The third kappa shape index (κ3) is 4.25. The van der Waals surface area contributed by atoms with Crippen LogP contribution in [0.1, 0.15) is 0 Å². The minimum absolute atomic E-state index is 1.06. The standard InChI is InChI=1S/CBr2N2/c2-5(3)1-4. The lowest BCUT2D eigenvalue weighted by atomic mass is 11.5. The van der Waals surface area contributed by atoms with Gasteiger partial charge in [-0.05, 0) is 0 Å². The van der Waals surface area contributed by atoms with E-state index in [1.165, 1.54) is 0 Å². The third-order valence-electron chi connectivity index (χ3n) is 0.0756. The average molecular weight is 200 g/mol. The first kappa shape index (κ1) is 5.25. The zero-order chi connectivity index (χ0) is 4.28. The van der Waals surface area contributed by atoms with E-state index in [1.807, 2.05) is 0 Å². The van der Waals surface area contributed by atoms with E-state index in [9.17, 15) is 0 Å². The summed E-state index contributed by atoms with van der Waals surface area (Å²) in [5.74, 6) is 0. The molecule has 4 heteroatoms. The van der Waals surface area contributed by atoms with Crippen LogP contribution in [0.5, 0.6) is 0 Å². The fourth-order valence-corrected chi connectivity index (χ4v) is 0. The number of rotatable bonds is 0. The van der Waals surface area contributed by atoms with Crippen LogP contribution in [-0.4, -0.2) is 2.95 Å². The molecular weight excluding hydrogens is 200 g/mol. The van der Waals surface area contributed by atoms with Gasteiger partial charge >= 0.3 is 0 Å². The molecule has 0 rings (SSSR count). The predicted octanol–water partition coefficient (Wildman–Crippen LogP) is 1.39. The summed E-state index contributed by atoms with van der Waals surface area (Å²) in [4.78, 5) is 0. The second-order valence-electron chi connectivity index (χ2n) is 0.333. The van der Waals surface area contributed by atoms with E-state index < -0.39 is 0 Å². The molecule has 0 amide bonds. The van der Waals surface area contributed by atoms with Crippen LogP contribution in [0.2, 0.25) is 0 Å². The maximum absolute atomic E-state index is 7.73. The first-order chi connectivity index (χ1) is 2.27. The highest BCUT2D eigenvalue weighted by Gasteiger charge is 1.75. The highest BCUT2D eigenvalue weighted by molar-refractivity contribution is 9.21. The van der Waals surface area contributed by atoms with E-state index in [0.29, 0.717) is 0 Å². The van der Waals surface area contributed by atoms with E-state index in [4.69, 9.17) is 5.26 Å². The van der Waals surface area contributed by atoms with Gasteiger partial charge in [0.1, 0.15) is 0 Å². The molecule has 0 aromatic heterocycles. The summed E-state index contributed by atoms with van der Waals surface area (Å²) in [5, 5.41) is 7.73. The highest BCUT2D eigenvalue weighted by atomic mass is 79.9. The molecule has 0 heterocycles. The van der Waals surface area contributed by atoms with Crippen LogP contribution in [0, 0.1) is 11.5 Å². The van der Waals surface area contributed by atoms with E-state index in [2.05, 4.69) is 32.3 Å². The lowest BCUT2D eigenvalue weighted by molar-refractivity contribution is 1.13. The second kappa shape index (κ2) is 2.49. The van der Waals surface area contributed by atoms with Gasteiger partial charge in [0.25, 0.3) is 0 Å². The van der Waals surface area contributed by atoms with Crippen LogP contribution in [-0.2, 0) is 0 Å². The number of nitrogens with zero attached hydrogens (tertiary/aromatic N) is 2. The molecule has 0 aromatic rings. The Bertz CT molecular complexity index is 53.2. The minimum Gasteiger partial charge on any atom is -0.176 e. The molecule has 0 aromatic carbocycles. The van der Waals surface area contributed by atoms with Gasteiger partial charge in [-0.25, -0.2) is 0 Å². The molecule has 0 aliphatic heterocycles. The van der Waals surface area contributed by atoms with Gasteiger partial charge in [0, 0.05) is 0 Å². The normalized spacial score (nSPS) is 5.80. The van der Waals surface area contributed by atoms with Crippen LogP contribution < -0.4 is 0 Å². The van der Waals surface area contributed by atoms with Crippen molar-refractivity contribution in [2.45, 2.75) is 0 Å². The smallest absolute Gasteiger partial charge is 0.176 e. The molecule has 0 aliphatic carbocycles.